The number of aryl methyl sites for hydroxylation is 1. The fourth-order valence-electron chi connectivity index (χ4n) is 2.71. The molecule has 0 aliphatic heterocycles. The molecule has 21 heavy (non-hydrogen) atoms. The molecule has 114 valence electrons. The van der Waals surface area contributed by atoms with Crippen LogP contribution in [0.1, 0.15) is 34.9 Å². The van der Waals surface area contributed by atoms with Crippen LogP contribution < -0.4 is 5.32 Å². The monoisotopic (exact) mass is 315 g/mol. The Labute approximate surface area is 124 Å². The lowest BCUT2D eigenvalue weighted by Gasteiger charge is -2.23. The van der Waals surface area contributed by atoms with Crippen molar-refractivity contribution in [2.24, 2.45) is 0 Å². The molecular formula is C14H16F3N3S. The summed E-state index contributed by atoms with van der Waals surface area (Å²) in [6.45, 7) is -0.497. The Balaban J connectivity index is 1.59. The molecule has 0 unspecified atom stereocenters. The molecule has 0 saturated heterocycles. The zero-order valence-corrected chi connectivity index (χ0v) is 12.2. The number of hydrogen-bond donors (Lipinski definition) is 1. The van der Waals surface area contributed by atoms with E-state index in [0.29, 0.717) is 12.6 Å². The topological polar surface area (TPSA) is 29.9 Å². The predicted octanol–water partition coefficient (Wildman–Crippen LogP) is 3.67. The smallest absolute Gasteiger partial charge is 0.306 e. The van der Waals surface area contributed by atoms with Crippen molar-refractivity contribution in [3.8, 4) is 0 Å². The summed E-state index contributed by atoms with van der Waals surface area (Å²) in [6, 6.07) is 2.44. The third-order valence-corrected chi connectivity index (χ3v) is 4.63. The van der Waals surface area contributed by atoms with Crippen molar-refractivity contribution in [2.75, 3.05) is 0 Å². The van der Waals surface area contributed by atoms with Gasteiger partial charge in [-0.25, -0.2) is 0 Å². The number of nitrogens with one attached hydrogen (secondary N) is 1. The van der Waals surface area contributed by atoms with Gasteiger partial charge in [-0.3, -0.25) is 4.68 Å². The lowest BCUT2D eigenvalue weighted by atomic mass is 9.94. The molecule has 2 aromatic rings. The minimum atomic E-state index is -4.23. The van der Waals surface area contributed by atoms with E-state index in [2.05, 4.69) is 21.9 Å². The summed E-state index contributed by atoms with van der Waals surface area (Å²) in [5.41, 5.74) is 2.12. The van der Waals surface area contributed by atoms with Crippen LogP contribution in [-0.2, 0) is 19.5 Å². The molecule has 0 spiro atoms. The van der Waals surface area contributed by atoms with Crippen LogP contribution >= 0.6 is 11.3 Å². The van der Waals surface area contributed by atoms with Gasteiger partial charge < -0.3 is 5.32 Å². The molecule has 1 N–H and O–H groups in total. The van der Waals surface area contributed by atoms with Gasteiger partial charge in [0.1, 0.15) is 6.54 Å². The Hall–Kier alpha value is -1.34. The Kier molecular flexibility index (Phi) is 4.03. The van der Waals surface area contributed by atoms with Gasteiger partial charge in [0.25, 0.3) is 0 Å². The lowest BCUT2D eigenvalue weighted by molar-refractivity contribution is -0.142. The van der Waals surface area contributed by atoms with Crippen molar-refractivity contribution in [3.63, 3.8) is 0 Å². The van der Waals surface area contributed by atoms with E-state index in [0.717, 1.165) is 29.5 Å². The minimum absolute atomic E-state index is 0.297. The molecule has 0 radical (unpaired) electrons. The molecule has 0 aromatic carbocycles. The van der Waals surface area contributed by atoms with Gasteiger partial charge in [0.15, 0.2) is 0 Å². The quantitative estimate of drug-likeness (QED) is 0.933. The second-order valence-electron chi connectivity index (χ2n) is 5.29. The molecule has 1 aliphatic carbocycles. The number of halogens is 3. The number of thiophene rings is 1. The number of alkyl halides is 3. The Bertz CT molecular complexity index is 603. The molecule has 3 nitrogen and oxygen atoms in total. The molecule has 3 rings (SSSR count). The van der Waals surface area contributed by atoms with Crippen molar-refractivity contribution in [1.82, 2.24) is 15.1 Å². The van der Waals surface area contributed by atoms with Crippen molar-refractivity contribution >= 4 is 11.3 Å². The van der Waals surface area contributed by atoms with E-state index in [1.54, 1.807) is 11.3 Å². The average Bonchev–Trinajstić information content (AvgIpc) is 3.03. The van der Waals surface area contributed by atoms with E-state index in [4.69, 9.17) is 0 Å². The first-order chi connectivity index (χ1) is 10.0. The second kappa shape index (κ2) is 5.81. The van der Waals surface area contributed by atoms with Crippen molar-refractivity contribution in [2.45, 2.75) is 44.6 Å². The van der Waals surface area contributed by atoms with Gasteiger partial charge in [-0.15, -0.1) is 11.3 Å². The summed E-state index contributed by atoms with van der Waals surface area (Å²) < 4.78 is 37.8. The zero-order chi connectivity index (χ0) is 14.9. The third-order valence-electron chi connectivity index (χ3n) is 3.63. The van der Waals surface area contributed by atoms with Gasteiger partial charge in [0.05, 0.1) is 6.20 Å². The first-order valence-electron chi connectivity index (χ1n) is 6.89. The van der Waals surface area contributed by atoms with E-state index in [1.807, 2.05) is 0 Å². The molecule has 1 aliphatic rings. The SMILES string of the molecule is FC(F)(F)Cn1cc(CN[C@H]2CCCc3sccc32)cn1. The number of nitrogens with zero attached hydrogens (tertiary/aromatic N) is 2. The number of rotatable bonds is 4. The van der Waals surface area contributed by atoms with E-state index in [-0.39, 0.29) is 0 Å². The van der Waals surface area contributed by atoms with E-state index < -0.39 is 12.7 Å². The minimum Gasteiger partial charge on any atom is -0.306 e. The van der Waals surface area contributed by atoms with Crippen LogP contribution in [0.15, 0.2) is 23.8 Å². The van der Waals surface area contributed by atoms with Gasteiger partial charge in [-0.05, 0) is 36.3 Å². The fourth-order valence-corrected chi connectivity index (χ4v) is 3.69. The van der Waals surface area contributed by atoms with Gasteiger partial charge >= 0.3 is 6.18 Å². The molecule has 2 heterocycles. The van der Waals surface area contributed by atoms with Crippen LogP contribution in [0, 0.1) is 0 Å². The molecule has 0 bridgehead atoms. The Morgan fingerprint density at radius 1 is 1.43 bits per heavy atom. The van der Waals surface area contributed by atoms with Crippen LogP contribution in [0.5, 0.6) is 0 Å². The molecule has 0 fully saturated rings. The molecule has 1 atom stereocenters. The van der Waals surface area contributed by atoms with Crippen molar-refractivity contribution < 1.29 is 13.2 Å². The highest BCUT2D eigenvalue weighted by atomic mass is 32.1. The summed E-state index contributed by atoms with van der Waals surface area (Å²) in [7, 11) is 0. The Morgan fingerprint density at radius 2 is 2.29 bits per heavy atom. The maximum atomic E-state index is 12.3. The van der Waals surface area contributed by atoms with Crippen LogP contribution in [0.2, 0.25) is 0 Å². The van der Waals surface area contributed by atoms with Crippen LogP contribution in [-0.4, -0.2) is 16.0 Å². The highest BCUT2D eigenvalue weighted by molar-refractivity contribution is 7.10. The Morgan fingerprint density at radius 3 is 3.10 bits per heavy atom. The van der Waals surface area contributed by atoms with Crippen LogP contribution in [0.25, 0.3) is 0 Å². The van der Waals surface area contributed by atoms with E-state index >= 15 is 0 Å². The zero-order valence-electron chi connectivity index (χ0n) is 11.4. The molecule has 0 amide bonds. The van der Waals surface area contributed by atoms with Gasteiger partial charge in [-0.2, -0.15) is 18.3 Å². The maximum absolute atomic E-state index is 12.3. The standard InChI is InChI=1S/C14H16F3N3S/c15-14(16,17)9-20-8-10(7-19-20)6-18-12-2-1-3-13-11(12)4-5-21-13/h4-5,7-8,12,18H,1-3,6,9H2/t12-/m0/s1. The number of fused-ring (bicyclic) bond motifs is 1. The number of aromatic nitrogens is 2. The lowest BCUT2D eigenvalue weighted by Crippen LogP contribution is -2.23. The van der Waals surface area contributed by atoms with Gasteiger partial charge in [0.2, 0.25) is 0 Å². The van der Waals surface area contributed by atoms with Gasteiger partial charge in [-0.1, -0.05) is 0 Å². The largest absolute Gasteiger partial charge is 0.408 e. The van der Waals surface area contributed by atoms with Crippen molar-refractivity contribution in [3.05, 3.63) is 39.8 Å². The van der Waals surface area contributed by atoms with Gasteiger partial charge in [0, 0.05) is 29.2 Å². The molecule has 7 heteroatoms. The average molecular weight is 315 g/mol. The predicted molar refractivity (Wildman–Crippen MR) is 75.1 cm³/mol. The number of hydrogen-bond acceptors (Lipinski definition) is 3. The van der Waals surface area contributed by atoms with E-state index in [9.17, 15) is 13.2 Å². The summed E-state index contributed by atoms with van der Waals surface area (Å²) in [4.78, 5) is 1.42. The second-order valence-corrected chi connectivity index (χ2v) is 6.29. The third kappa shape index (κ3) is 3.65. The highest BCUT2D eigenvalue weighted by Gasteiger charge is 2.28. The summed E-state index contributed by atoms with van der Waals surface area (Å²) in [5.74, 6) is 0. The molecule has 0 saturated carbocycles. The molecular weight excluding hydrogens is 299 g/mol. The van der Waals surface area contributed by atoms with Crippen molar-refractivity contribution in [1.29, 1.82) is 0 Å². The highest BCUT2D eigenvalue weighted by Crippen LogP contribution is 2.33. The summed E-state index contributed by atoms with van der Waals surface area (Å²) >= 11 is 1.78. The van der Waals surface area contributed by atoms with E-state index in [1.165, 1.54) is 22.8 Å². The first kappa shape index (κ1) is 14.6. The maximum Gasteiger partial charge on any atom is 0.408 e. The summed E-state index contributed by atoms with van der Waals surface area (Å²) in [5, 5.41) is 9.29. The van der Waals surface area contributed by atoms with Crippen LogP contribution in [0.3, 0.4) is 0 Å². The summed E-state index contributed by atoms with van der Waals surface area (Å²) in [6.07, 6.45) is 2.08. The first-order valence-corrected chi connectivity index (χ1v) is 7.77. The fraction of sp³-hybridized carbons (Fsp3) is 0.500. The van der Waals surface area contributed by atoms with Crippen LogP contribution in [0.4, 0.5) is 13.2 Å². The molecule has 2 aromatic heterocycles. The normalized spacial score (nSPS) is 18.7.